The summed E-state index contributed by atoms with van der Waals surface area (Å²) in [7, 11) is 1.90. The Morgan fingerprint density at radius 1 is 1.21 bits per heavy atom. The summed E-state index contributed by atoms with van der Waals surface area (Å²) >= 11 is 0. The predicted molar refractivity (Wildman–Crippen MR) is 90.6 cm³/mol. The number of nitrogen functional groups attached to an aromatic ring is 1. The van der Waals surface area contributed by atoms with Gasteiger partial charge >= 0.3 is 0 Å². The molecule has 0 saturated carbocycles. The van der Waals surface area contributed by atoms with Crippen molar-refractivity contribution in [2.45, 2.75) is 19.8 Å². The first-order chi connectivity index (χ1) is 11.6. The molecule has 0 spiro atoms. The minimum Gasteiger partial charge on any atom is -0.308 e. The SMILES string of the molecule is CCc1c(Cc2cc(NN)ncn2)nn(C)c1-c1ccc(F)cc1. The Kier molecular flexibility index (Phi) is 4.52. The molecule has 2 aromatic heterocycles. The molecule has 0 aliphatic rings. The Labute approximate surface area is 139 Å². The van der Waals surface area contributed by atoms with E-state index in [0.29, 0.717) is 12.2 Å². The second-order valence-corrected chi connectivity index (χ2v) is 5.47. The van der Waals surface area contributed by atoms with Gasteiger partial charge in [-0.25, -0.2) is 20.2 Å². The topological polar surface area (TPSA) is 81.7 Å². The highest BCUT2D eigenvalue weighted by Gasteiger charge is 2.17. The number of aromatic nitrogens is 4. The largest absolute Gasteiger partial charge is 0.308 e. The summed E-state index contributed by atoms with van der Waals surface area (Å²) in [6.07, 6.45) is 2.87. The summed E-state index contributed by atoms with van der Waals surface area (Å²) in [6.45, 7) is 2.08. The number of hydrazine groups is 1. The number of nitrogens with two attached hydrogens (primary N) is 1. The number of hydrogen-bond acceptors (Lipinski definition) is 5. The van der Waals surface area contributed by atoms with Gasteiger partial charge < -0.3 is 5.43 Å². The molecule has 124 valence electrons. The molecule has 1 aromatic carbocycles. The first-order valence-corrected chi connectivity index (χ1v) is 7.70. The van der Waals surface area contributed by atoms with Crippen LogP contribution in [-0.4, -0.2) is 19.7 Å². The average Bonchev–Trinajstić information content (AvgIpc) is 2.91. The minimum absolute atomic E-state index is 0.248. The lowest BCUT2D eigenvalue weighted by molar-refractivity contribution is 0.628. The molecule has 2 heterocycles. The van der Waals surface area contributed by atoms with Crippen molar-refractivity contribution < 1.29 is 4.39 Å². The zero-order valence-electron chi connectivity index (χ0n) is 13.6. The molecule has 24 heavy (non-hydrogen) atoms. The molecule has 3 N–H and O–H groups in total. The Bertz CT molecular complexity index is 841. The Morgan fingerprint density at radius 2 is 1.96 bits per heavy atom. The van der Waals surface area contributed by atoms with Crippen LogP contribution in [0.4, 0.5) is 10.2 Å². The van der Waals surface area contributed by atoms with Gasteiger partial charge in [-0.05, 0) is 30.7 Å². The van der Waals surface area contributed by atoms with E-state index < -0.39 is 0 Å². The second-order valence-electron chi connectivity index (χ2n) is 5.47. The van der Waals surface area contributed by atoms with Crippen LogP contribution in [0.3, 0.4) is 0 Å². The van der Waals surface area contributed by atoms with E-state index in [0.717, 1.165) is 34.6 Å². The maximum absolute atomic E-state index is 13.2. The van der Waals surface area contributed by atoms with Crippen LogP contribution in [0.1, 0.15) is 23.9 Å². The van der Waals surface area contributed by atoms with Crippen LogP contribution in [0.25, 0.3) is 11.3 Å². The fourth-order valence-corrected chi connectivity index (χ4v) is 2.85. The molecule has 0 saturated heterocycles. The van der Waals surface area contributed by atoms with Crippen LogP contribution in [-0.2, 0) is 19.9 Å². The minimum atomic E-state index is -0.248. The maximum atomic E-state index is 13.2. The van der Waals surface area contributed by atoms with Crippen molar-refractivity contribution in [1.82, 2.24) is 19.7 Å². The number of nitrogens with one attached hydrogen (secondary N) is 1. The number of hydrogen-bond donors (Lipinski definition) is 2. The van der Waals surface area contributed by atoms with Crippen molar-refractivity contribution in [1.29, 1.82) is 0 Å². The van der Waals surface area contributed by atoms with Crippen molar-refractivity contribution in [2.75, 3.05) is 5.43 Å². The first-order valence-electron chi connectivity index (χ1n) is 7.70. The second kappa shape index (κ2) is 6.76. The van der Waals surface area contributed by atoms with Gasteiger partial charge in [0.2, 0.25) is 0 Å². The van der Waals surface area contributed by atoms with Gasteiger partial charge in [-0.1, -0.05) is 6.92 Å². The molecular formula is C17H19FN6. The zero-order valence-corrected chi connectivity index (χ0v) is 13.6. The van der Waals surface area contributed by atoms with E-state index in [-0.39, 0.29) is 5.82 Å². The molecule has 0 atom stereocenters. The number of benzene rings is 1. The standard InChI is InChI=1S/C17H19FN6/c1-3-14-15(8-13-9-16(22-19)21-10-20-13)23-24(2)17(14)11-4-6-12(18)7-5-11/h4-7,9-10H,3,8,19H2,1-2H3,(H,20,21,22). The molecule has 0 amide bonds. The van der Waals surface area contributed by atoms with E-state index in [1.165, 1.54) is 18.5 Å². The Hall–Kier alpha value is -2.80. The summed E-state index contributed by atoms with van der Waals surface area (Å²) in [5.41, 5.74) is 7.37. The monoisotopic (exact) mass is 326 g/mol. The van der Waals surface area contributed by atoms with E-state index >= 15 is 0 Å². The first kappa shape index (κ1) is 16.1. The fourth-order valence-electron chi connectivity index (χ4n) is 2.85. The highest BCUT2D eigenvalue weighted by Crippen LogP contribution is 2.28. The van der Waals surface area contributed by atoms with Gasteiger partial charge in [0.15, 0.2) is 0 Å². The van der Waals surface area contributed by atoms with Gasteiger partial charge in [-0.15, -0.1) is 0 Å². The summed E-state index contributed by atoms with van der Waals surface area (Å²) in [5.74, 6) is 5.71. The van der Waals surface area contributed by atoms with Gasteiger partial charge in [-0.2, -0.15) is 5.10 Å². The predicted octanol–water partition coefficient (Wildman–Crippen LogP) is 2.46. The summed E-state index contributed by atoms with van der Waals surface area (Å²) in [6, 6.07) is 8.27. The molecule has 0 radical (unpaired) electrons. The number of anilines is 1. The number of aryl methyl sites for hydroxylation is 1. The number of nitrogens with zero attached hydrogens (tertiary/aromatic N) is 4. The van der Waals surface area contributed by atoms with Crippen LogP contribution >= 0.6 is 0 Å². The molecule has 3 aromatic rings. The van der Waals surface area contributed by atoms with Crippen molar-refractivity contribution in [3.63, 3.8) is 0 Å². The fraction of sp³-hybridized carbons (Fsp3) is 0.235. The molecule has 7 heteroatoms. The van der Waals surface area contributed by atoms with E-state index in [4.69, 9.17) is 5.84 Å². The summed E-state index contributed by atoms with van der Waals surface area (Å²) in [5, 5.41) is 4.64. The van der Waals surface area contributed by atoms with Gasteiger partial charge in [0, 0.05) is 30.7 Å². The third kappa shape index (κ3) is 3.11. The quantitative estimate of drug-likeness (QED) is 0.556. The molecule has 0 aliphatic carbocycles. The molecule has 0 aliphatic heterocycles. The maximum Gasteiger partial charge on any atom is 0.143 e. The summed E-state index contributed by atoms with van der Waals surface area (Å²) in [4.78, 5) is 8.29. The van der Waals surface area contributed by atoms with E-state index in [9.17, 15) is 4.39 Å². The highest BCUT2D eigenvalue weighted by atomic mass is 19.1. The lowest BCUT2D eigenvalue weighted by Gasteiger charge is -2.06. The Morgan fingerprint density at radius 3 is 2.62 bits per heavy atom. The van der Waals surface area contributed by atoms with Gasteiger partial charge in [0.05, 0.1) is 17.1 Å². The van der Waals surface area contributed by atoms with Crippen molar-refractivity contribution >= 4 is 5.82 Å². The van der Waals surface area contributed by atoms with Crippen LogP contribution in [0, 0.1) is 5.82 Å². The van der Waals surface area contributed by atoms with E-state index in [2.05, 4.69) is 27.4 Å². The molecular weight excluding hydrogens is 307 g/mol. The van der Waals surface area contributed by atoms with Gasteiger partial charge in [0.25, 0.3) is 0 Å². The Balaban J connectivity index is 2.00. The van der Waals surface area contributed by atoms with Crippen LogP contribution in [0.2, 0.25) is 0 Å². The van der Waals surface area contributed by atoms with Crippen molar-refractivity contribution in [3.8, 4) is 11.3 Å². The van der Waals surface area contributed by atoms with Crippen LogP contribution in [0.15, 0.2) is 36.7 Å². The normalized spacial score (nSPS) is 10.8. The lowest BCUT2D eigenvalue weighted by Crippen LogP contribution is -2.09. The van der Waals surface area contributed by atoms with Crippen molar-refractivity contribution in [3.05, 3.63) is 59.4 Å². The van der Waals surface area contributed by atoms with E-state index in [1.807, 2.05) is 11.7 Å². The smallest absolute Gasteiger partial charge is 0.143 e. The molecule has 0 fully saturated rings. The van der Waals surface area contributed by atoms with Gasteiger partial charge in [0.1, 0.15) is 18.0 Å². The molecule has 0 bridgehead atoms. The summed E-state index contributed by atoms with van der Waals surface area (Å²) < 4.78 is 15.0. The third-order valence-electron chi connectivity index (χ3n) is 3.92. The van der Waals surface area contributed by atoms with E-state index in [1.54, 1.807) is 18.2 Å². The average molecular weight is 326 g/mol. The molecule has 6 nitrogen and oxygen atoms in total. The van der Waals surface area contributed by atoms with Crippen LogP contribution in [0.5, 0.6) is 0 Å². The number of halogens is 1. The van der Waals surface area contributed by atoms with Crippen molar-refractivity contribution in [2.24, 2.45) is 12.9 Å². The number of rotatable bonds is 5. The molecule has 3 rings (SSSR count). The highest BCUT2D eigenvalue weighted by molar-refractivity contribution is 5.65. The zero-order chi connectivity index (χ0) is 17.1. The molecule has 0 unspecified atom stereocenters. The third-order valence-corrected chi connectivity index (χ3v) is 3.92. The lowest BCUT2D eigenvalue weighted by atomic mass is 10.0. The van der Waals surface area contributed by atoms with Crippen LogP contribution < -0.4 is 11.3 Å². The van der Waals surface area contributed by atoms with Gasteiger partial charge in [-0.3, -0.25) is 4.68 Å².